The number of benzene rings is 2. The lowest BCUT2D eigenvalue weighted by atomic mass is 10.1. The van der Waals surface area contributed by atoms with Crippen molar-refractivity contribution >= 4 is 11.4 Å². The molecular formula is C17H22N2O2. The van der Waals surface area contributed by atoms with Crippen molar-refractivity contribution < 1.29 is 9.84 Å². The summed E-state index contributed by atoms with van der Waals surface area (Å²) >= 11 is 0. The third kappa shape index (κ3) is 4.13. The molecule has 2 aromatic carbocycles. The first-order valence-electron chi connectivity index (χ1n) is 6.93. The summed E-state index contributed by atoms with van der Waals surface area (Å²) in [5.41, 5.74) is 2.95. The average Bonchev–Trinajstić information content (AvgIpc) is 2.53. The summed E-state index contributed by atoms with van der Waals surface area (Å²) in [7, 11) is 5.63. The Morgan fingerprint density at radius 1 is 1.14 bits per heavy atom. The third-order valence-corrected chi connectivity index (χ3v) is 3.34. The van der Waals surface area contributed by atoms with Gasteiger partial charge in [0.1, 0.15) is 5.75 Å². The minimum absolute atomic E-state index is 0.448. The molecule has 4 heteroatoms. The first-order chi connectivity index (χ1) is 10.1. The number of aliphatic hydroxyl groups excluding tert-OH is 1. The molecule has 0 amide bonds. The van der Waals surface area contributed by atoms with Crippen molar-refractivity contribution in [2.45, 2.75) is 6.10 Å². The van der Waals surface area contributed by atoms with Gasteiger partial charge in [0.25, 0.3) is 0 Å². The quantitative estimate of drug-likeness (QED) is 0.857. The summed E-state index contributed by atoms with van der Waals surface area (Å²) < 4.78 is 5.17. The van der Waals surface area contributed by atoms with E-state index in [0.29, 0.717) is 6.54 Å². The summed E-state index contributed by atoms with van der Waals surface area (Å²) in [4.78, 5) is 2.05. The van der Waals surface area contributed by atoms with Crippen LogP contribution in [0.15, 0.2) is 48.5 Å². The highest BCUT2D eigenvalue weighted by atomic mass is 16.5. The van der Waals surface area contributed by atoms with Gasteiger partial charge in [-0.15, -0.1) is 0 Å². The molecule has 0 aliphatic heterocycles. The number of anilines is 2. The second kappa shape index (κ2) is 6.99. The molecule has 0 saturated carbocycles. The highest BCUT2D eigenvalue weighted by Crippen LogP contribution is 2.21. The van der Waals surface area contributed by atoms with Gasteiger partial charge < -0.3 is 20.1 Å². The molecule has 4 nitrogen and oxygen atoms in total. The predicted octanol–water partition coefficient (Wildman–Crippen LogP) is 2.91. The van der Waals surface area contributed by atoms with E-state index in [1.54, 1.807) is 7.11 Å². The SMILES string of the molecule is COc1cccc(C(O)CNc2cccc(N(C)C)c2)c1. The van der Waals surface area contributed by atoms with Crippen molar-refractivity contribution in [1.29, 1.82) is 0 Å². The molecule has 0 spiro atoms. The number of methoxy groups -OCH3 is 1. The van der Waals surface area contributed by atoms with Crippen molar-refractivity contribution in [3.63, 3.8) is 0 Å². The van der Waals surface area contributed by atoms with Gasteiger partial charge in [0.05, 0.1) is 13.2 Å². The van der Waals surface area contributed by atoms with Gasteiger partial charge in [0.2, 0.25) is 0 Å². The lowest BCUT2D eigenvalue weighted by molar-refractivity contribution is 0.191. The minimum atomic E-state index is -0.580. The normalized spacial score (nSPS) is 11.8. The van der Waals surface area contributed by atoms with Gasteiger partial charge in [-0.05, 0) is 35.9 Å². The van der Waals surface area contributed by atoms with Gasteiger partial charge in [-0.1, -0.05) is 18.2 Å². The van der Waals surface area contributed by atoms with Crippen LogP contribution >= 0.6 is 0 Å². The fourth-order valence-electron chi connectivity index (χ4n) is 2.08. The summed E-state index contributed by atoms with van der Waals surface area (Å²) in [5.74, 6) is 0.751. The van der Waals surface area contributed by atoms with E-state index in [0.717, 1.165) is 22.7 Å². The molecular weight excluding hydrogens is 264 g/mol. The van der Waals surface area contributed by atoms with Crippen LogP contribution in [0.1, 0.15) is 11.7 Å². The van der Waals surface area contributed by atoms with Crippen LogP contribution in [-0.2, 0) is 0 Å². The summed E-state index contributed by atoms with van der Waals surface area (Å²) in [5, 5.41) is 13.5. The Bertz CT molecular complexity index is 585. The zero-order valence-corrected chi connectivity index (χ0v) is 12.7. The van der Waals surface area contributed by atoms with Gasteiger partial charge in [-0.25, -0.2) is 0 Å². The highest BCUT2D eigenvalue weighted by Gasteiger charge is 2.08. The number of nitrogens with one attached hydrogen (secondary N) is 1. The van der Waals surface area contributed by atoms with Crippen molar-refractivity contribution in [3.8, 4) is 5.75 Å². The Morgan fingerprint density at radius 3 is 2.62 bits per heavy atom. The highest BCUT2D eigenvalue weighted by molar-refractivity contribution is 5.57. The molecule has 0 aromatic heterocycles. The van der Waals surface area contributed by atoms with Crippen LogP contribution in [0.3, 0.4) is 0 Å². The molecule has 0 fully saturated rings. The predicted molar refractivity (Wildman–Crippen MR) is 87.2 cm³/mol. The van der Waals surface area contributed by atoms with Crippen LogP contribution in [0, 0.1) is 0 Å². The molecule has 1 atom stereocenters. The Balaban J connectivity index is 2.00. The van der Waals surface area contributed by atoms with Gasteiger partial charge >= 0.3 is 0 Å². The Kier molecular flexibility index (Phi) is 5.06. The number of hydrogen-bond donors (Lipinski definition) is 2. The van der Waals surface area contributed by atoms with Crippen LogP contribution in [0.25, 0.3) is 0 Å². The van der Waals surface area contributed by atoms with Gasteiger partial charge in [-0.3, -0.25) is 0 Å². The molecule has 21 heavy (non-hydrogen) atoms. The van der Waals surface area contributed by atoms with E-state index >= 15 is 0 Å². The molecule has 112 valence electrons. The van der Waals surface area contributed by atoms with E-state index in [4.69, 9.17) is 4.74 Å². The maximum absolute atomic E-state index is 10.3. The molecule has 2 rings (SSSR count). The number of ether oxygens (including phenoxy) is 1. The number of rotatable bonds is 6. The van der Waals surface area contributed by atoms with Gasteiger partial charge in [0.15, 0.2) is 0 Å². The largest absolute Gasteiger partial charge is 0.497 e. The molecule has 0 bridgehead atoms. The van der Waals surface area contributed by atoms with E-state index in [1.807, 2.05) is 61.5 Å². The maximum atomic E-state index is 10.3. The summed E-state index contributed by atoms with van der Waals surface area (Å²) in [6.07, 6.45) is -0.580. The molecule has 1 unspecified atom stereocenters. The zero-order valence-electron chi connectivity index (χ0n) is 12.7. The van der Waals surface area contributed by atoms with Crippen LogP contribution < -0.4 is 15.0 Å². The lowest BCUT2D eigenvalue weighted by Crippen LogP contribution is -2.13. The molecule has 0 radical (unpaired) electrons. The van der Waals surface area contributed by atoms with Crippen LogP contribution in [0.4, 0.5) is 11.4 Å². The van der Waals surface area contributed by atoms with E-state index in [9.17, 15) is 5.11 Å². The Hall–Kier alpha value is -2.20. The lowest BCUT2D eigenvalue weighted by Gasteiger charge is -2.16. The number of hydrogen-bond acceptors (Lipinski definition) is 4. The standard InChI is InChI=1S/C17H22N2O2/c1-19(2)15-8-5-7-14(11-15)18-12-17(20)13-6-4-9-16(10-13)21-3/h4-11,17-18,20H,12H2,1-3H3. The molecule has 2 aromatic rings. The molecule has 0 saturated heterocycles. The first-order valence-corrected chi connectivity index (χ1v) is 6.93. The monoisotopic (exact) mass is 286 g/mol. The van der Waals surface area contributed by atoms with Gasteiger partial charge in [-0.2, -0.15) is 0 Å². The zero-order chi connectivity index (χ0) is 15.2. The number of nitrogens with zero attached hydrogens (tertiary/aromatic N) is 1. The Labute approximate surface area is 126 Å². The summed E-state index contributed by atoms with van der Waals surface area (Å²) in [6, 6.07) is 15.6. The van der Waals surface area contributed by atoms with Crippen LogP contribution in [0.5, 0.6) is 5.75 Å². The molecule has 0 aliphatic rings. The summed E-state index contributed by atoms with van der Waals surface area (Å²) in [6.45, 7) is 0.448. The van der Waals surface area contributed by atoms with Crippen molar-refractivity contribution in [2.75, 3.05) is 38.0 Å². The van der Waals surface area contributed by atoms with E-state index in [1.165, 1.54) is 0 Å². The second-order valence-corrected chi connectivity index (χ2v) is 5.12. The molecule has 0 aliphatic carbocycles. The maximum Gasteiger partial charge on any atom is 0.119 e. The minimum Gasteiger partial charge on any atom is -0.497 e. The Morgan fingerprint density at radius 2 is 1.90 bits per heavy atom. The average molecular weight is 286 g/mol. The fraction of sp³-hybridized carbons (Fsp3) is 0.294. The van der Waals surface area contributed by atoms with Crippen molar-refractivity contribution in [2.24, 2.45) is 0 Å². The van der Waals surface area contributed by atoms with Crippen LogP contribution in [-0.4, -0.2) is 32.9 Å². The molecule has 2 N–H and O–H groups in total. The second-order valence-electron chi connectivity index (χ2n) is 5.12. The first kappa shape index (κ1) is 15.2. The van der Waals surface area contributed by atoms with E-state index < -0.39 is 6.10 Å². The van der Waals surface area contributed by atoms with E-state index in [2.05, 4.69) is 11.4 Å². The topological polar surface area (TPSA) is 44.7 Å². The van der Waals surface area contributed by atoms with Gasteiger partial charge in [0, 0.05) is 32.0 Å². The molecule has 0 heterocycles. The van der Waals surface area contributed by atoms with E-state index in [-0.39, 0.29) is 0 Å². The third-order valence-electron chi connectivity index (χ3n) is 3.34. The fourth-order valence-corrected chi connectivity index (χ4v) is 2.08. The van der Waals surface area contributed by atoms with Crippen molar-refractivity contribution in [3.05, 3.63) is 54.1 Å². The van der Waals surface area contributed by atoms with Crippen LogP contribution in [0.2, 0.25) is 0 Å². The smallest absolute Gasteiger partial charge is 0.119 e. The van der Waals surface area contributed by atoms with Crippen molar-refractivity contribution in [1.82, 2.24) is 0 Å². The number of aliphatic hydroxyl groups is 1.